The quantitative estimate of drug-likeness (QED) is 0.907. The van der Waals surface area contributed by atoms with Gasteiger partial charge in [0.15, 0.2) is 11.5 Å². The molecule has 2 unspecified atom stereocenters. The van der Waals surface area contributed by atoms with Crippen LogP contribution in [0, 0.1) is 0 Å². The van der Waals surface area contributed by atoms with Gasteiger partial charge < -0.3 is 20.1 Å². The van der Waals surface area contributed by atoms with Gasteiger partial charge in [0, 0.05) is 19.0 Å². The lowest BCUT2D eigenvalue weighted by atomic mass is 9.90. The summed E-state index contributed by atoms with van der Waals surface area (Å²) in [7, 11) is 1.62. The zero-order valence-corrected chi connectivity index (χ0v) is 13.8. The first kappa shape index (κ1) is 16.6. The van der Waals surface area contributed by atoms with Gasteiger partial charge in [-0.3, -0.25) is 4.79 Å². The number of benzene rings is 1. The van der Waals surface area contributed by atoms with Crippen molar-refractivity contribution in [3.05, 3.63) is 23.8 Å². The maximum Gasteiger partial charge on any atom is 0.223 e. The van der Waals surface area contributed by atoms with E-state index in [1.54, 1.807) is 7.11 Å². The molecule has 0 saturated carbocycles. The summed E-state index contributed by atoms with van der Waals surface area (Å²) in [5.41, 5.74) is 7.28. The summed E-state index contributed by atoms with van der Waals surface area (Å²) in [6.45, 7) is 6.59. The van der Waals surface area contributed by atoms with E-state index in [0.717, 1.165) is 5.56 Å². The number of methoxy groups -OCH3 is 1. The van der Waals surface area contributed by atoms with Crippen molar-refractivity contribution in [2.75, 3.05) is 13.7 Å². The summed E-state index contributed by atoms with van der Waals surface area (Å²) >= 11 is 0. The molecule has 2 N–H and O–H groups in total. The molecule has 0 spiro atoms. The Kier molecular flexibility index (Phi) is 5.29. The summed E-state index contributed by atoms with van der Waals surface area (Å²) in [4.78, 5) is 14.0. The molecule has 0 bridgehead atoms. The highest BCUT2D eigenvalue weighted by atomic mass is 16.5. The Morgan fingerprint density at radius 3 is 2.68 bits per heavy atom. The van der Waals surface area contributed by atoms with Crippen molar-refractivity contribution in [3.63, 3.8) is 0 Å². The van der Waals surface area contributed by atoms with Crippen molar-refractivity contribution < 1.29 is 14.3 Å². The number of carbonyl (C=O) groups excluding carboxylic acids is 1. The standard InChI is InChI=1S/C17H26N2O3/c1-5-19-16(20)9-7-13(18)17(19)12-6-8-14(22-11(2)3)15(10-12)21-4/h6,8,10-11,13,17H,5,7,9,18H2,1-4H3. The molecule has 1 aliphatic rings. The van der Waals surface area contributed by atoms with E-state index in [2.05, 4.69) is 0 Å². The molecule has 0 aliphatic carbocycles. The zero-order chi connectivity index (χ0) is 16.3. The van der Waals surface area contributed by atoms with E-state index in [4.69, 9.17) is 15.2 Å². The topological polar surface area (TPSA) is 64.8 Å². The zero-order valence-electron chi connectivity index (χ0n) is 13.8. The fourth-order valence-electron chi connectivity index (χ4n) is 3.00. The third-order valence-corrected chi connectivity index (χ3v) is 3.99. The van der Waals surface area contributed by atoms with Crippen LogP contribution in [0.5, 0.6) is 11.5 Å². The maximum atomic E-state index is 12.1. The molecule has 1 heterocycles. The number of carbonyl (C=O) groups is 1. The summed E-state index contributed by atoms with van der Waals surface area (Å²) < 4.78 is 11.2. The predicted molar refractivity (Wildman–Crippen MR) is 86.1 cm³/mol. The molecule has 1 saturated heterocycles. The lowest BCUT2D eigenvalue weighted by Crippen LogP contribution is -2.48. The molecule has 2 atom stereocenters. The van der Waals surface area contributed by atoms with Crippen molar-refractivity contribution in [3.8, 4) is 11.5 Å². The van der Waals surface area contributed by atoms with Crippen molar-refractivity contribution in [2.45, 2.75) is 51.8 Å². The van der Waals surface area contributed by atoms with Gasteiger partial charge in [-0.05, 0) is 44.9 Å². The number of hydrogen-bond acceptors (Lipinski definition) is 4. The largest absolute Gasteiger partial charge is 0.493 e. The monoisotopic (exact) mass is 306 g/mol. The second-order valence-electron chi connectivity index (χ2n) is 5.90. The number of ether oxygens (including phenoxy) is 2. The maximum absolute atomic E-state index is 12.1. The molecule has 1 aromatic rings. The van der Waals surface area contributed by atoms with Gasteiger partial charge in [0.2, 0.25) is 5.91 Å². The van der Waals surface area contributed by atoms with E-state index in [-0.39, 0.29) is 24.1 Å². The van der Waals surface area contributed by atoms with Gasteiger partial charge in [0.05, 0.1) is 19.3 Å². The molecule has 5 nitrogen and oxygen atoms in total. The van der Waals surface area contributed by atoms with Gasteiger partial charge in [0.1, 0.15) is 0 Å². The van der Waals surface area contributed by atoms with E-state index in [9.17, 15) is 4.79 Å². The number of likely N-dealkylation sites (tertiary alicyclic amines) is 1. The van der Waals surface area contributed by atoms with E-state index in [0.29, 0.717) is 30.9 Å². The molecule has 0 aromatic heterocycles. The van der Waals surface area contributed by atoms with E-state index >= 15 is 0 Å². The average molecular weight is 306 g/mol. The SMILES string of the molecule is CCN1C(=O)CCC(N)C1c1ccc(OC(C)C)c(OC)c1. The van der Waals surface area contributed by atoms with Crippen LogP contribution in [0.2, 0.25) is 0 Å². The van der Waals surface area contributed by atoms with Crippen molar-refractivity contribution >= 4 is 5.91 Å². The van der Waals surface area contributed by atoms with Crippen molar-refractivity contribution in [2.24, 2.45) is 5.73 Å². The summed E-state index contributed by atoms with van der Waals surface area (Å²) in [5.74, 6) is 1.54. The van der Waals surface area contributed by atoms with Gasteiger partial charge in [-0.25, -0.2) is 0 Å². The van der Waals surface area contributed by atoms with Crippen LogP contribution >= 0.6 is 0 Å². The first-order valence-electron chi connectivity index (χ1n) is 7.87. The van der Waals surface area contributed by atoms with Gasteiger partial charge in [-0.15, -0.1) is 0 Å². The van der Waals surface area contributed by atoms with E-state index < -0.39 is 0 Å². The lowest BCUT2D eigenvalue weighted by molar-refractivity contribution is -0.137. The van der Waals surface area contributed by atoms with Crippen LogP contribution in [0.1, 0.15) is 45.2 Å². The smallest absolute Gasteiger partial charge is 0.223 e. The molecular weight excluding hydrogens is 280 g/mol. The fourth-order valence-corrected chi connectivity index (χ4v) is 3.00. The van der Waals surface area contributed by atoms with Gasteiger partial charge in [-0.2, -0.15) is 0 Å². The molecule has 1 fully saturated rings. The van der Waals surface area contributed by atoms with E-state index in [1.807, 2.05) is 43.9 Å². The molecule has 0 radical (unpaired) electrons. The minimum absolute atomic E-state index is 0.0563. The molecule has 1 amide bonds. The van der Waals surface area contributed by atoms with Crippen LogP contribution in [0.25, 0.3) is 0 Å². The Balaban J connectivity index is 2.35. The Morgan fingerprint density at radius 2 is 2.09 bits per heavy atom. The number of amides is 1. The third-order valence-electron chi connectivity index (χ3n) is 3.99. The number of hydrogen-bond donors (Lipinski definition) is 1. The Hall–Kier alpha value is -1.75. The third kappa shape index (κ3) is 3.35. The first-order valence-corrected chi connectivity index (χ1v) is 7.87. The van der Waals surface area contributed by atoms with E-state index in [1.165, 1.54) is 0 Å². The molecule has 22 heavy (non-hydrogen) atoms. The predicted octanol–water partition coefficient (Wildman–Crippen LogP) is 2.49. The Morgan fingerprint density at radius 1 is 1.36 bits per heavy atom. The second-order valence-corrected chi connectivity index (χ2v) is 5.90. The van der Waals surface area contributed by atoms with Crippen LogP contribution < -0.4 is 15.2 Å². The summed E-state index contributed by atoms with van der Waals surface area (Å²) in [5, 5.41) is 0. The summed E-state index contributed by atoms with van der Waals surface area (Å²) in [6.07, 6.45) is 1.31. The summed E-state index contributed by atoms with van der Waals surface area (Å²) in [6, 6.07) is 5.65. The number of likely N-dealkylation sites (N-methyl/N-ethyl adjacent to an activating group) is 1. The molecule has 1 aromatic carbocycles. The highest BCUT2D eigenvalue weighted by molar-refractivity contribution is 5.78. The minimum atomic E-state index is -0.103. The first-order chi connectivity index (χ1) is 10.5. The molecule has 1 aliphatic heterocycles. The van der Waals surface area contributed by atoms with Crippen LogP contribution in [-0.4, -0.2) is 36.6 Å². The molecule has 2 rings (SSSR count). The van der Waals surface area contributed by atoms with Gasteiger partial charge >= 0.3 is 0 Å². The van der Waals surface area contributed by atoms with Crippen LogP contribution in [0.4, 0.5) is 0 Å². The fraction of sp³-hybridized carbons (Fsp3) is 0.588. The van der Waals surface area contributed by atoms with Crippen LogP contribution in [0.3, 0.4) is 0 Å². The van der Waals surface area contributed by atoms with Crippen LogP contribution in [-0.2, 0) is 4.79 Å². The highest BCUT2D eigenvalue weighted by Gasteiger charge is 2.34. The number of rotatable bonds is 5. The normalized spacial score (nSPS) is 22.1. The van der Waals surface area contributed by atoms with Gasteiger partial charge in [0.25, 0.3) is 0 Å². The minimum Gasteiger partial charge on any atom is -0.493 e. The lowest BCUT2D eigenvalue weighted by Gasteiger charge is -2.39. The molecule has 5 heteroatoms. The Bertz CT molecular complexity index is 531. The second kappa shape index (κ2) is 7.01. The highest BCUT2D eigenvalue weighted by Crippen LogP contribution is 2.36. The number of piperidine rings is 1. The Labute approximate surface area is 132 Å². The number of nitrogens with two attached hydrogens (primary N) is 1. The van der Waals surface area contributed by atoms with Gasteiger partial charge in [-0.1, -0.05) is 6.07 Å². The van der Waals surface area contributed by atoms with Crippen molar-refractivity contribution in [1.29, 1.82) is 0 Å². The van der Waals surface area contributed by atoms with Crippen molar-refractivity contribution in [1.82, 2.24) is 4.90 Å². The molecule has 122 valence electrons. The molecular formula is C17H26N2O3. The van der Waals surface area contributed by atoms with Crippen LogP contribution in [0.15, 0.2) is 18.2 Å². The number of nitrogens with zero attached hydrogens (tertiary/aromatic N) is 1. The average Bonchev–Trinajstić information content (AvgIpc) is 2.49.